The summed E-state index contributed by atoms with van der Waals surface area (Å²) in [6.45, 7) is 3.30. The van der Waals surface area contributed by atoms with Gasteiger partial charge in [0.1, 0.15) is 11.5 Å². The normalized spacial score (nSPS) is 11.5. The van der Waals surface area contributed by atoms with Gasteiger partial charge in [-0.15, -0.1) is 0 Å². The van der Waals surface area contributed by atoms with Crippen molar-refractivity contribution in [2.75, 3.05) is 34.0 Å². The van der Waals surface area contributed by atoms with Gasteiger partial charge in [-0.3, -0.25) is 4.79 Å². The highest BCUT2D eigenvalue weighted by molar-refractivity contribution is 7.16. The fourth-order valence-corrected chi connectivity index (χ4v) is 4.01. The maximum atomic E-state index is 12.5. The molecule has 164 valence electrons. The highest BCUT2D eigenvalue weighted by atomic mass is 32.1. The second kappa shape index (κ2) is 10.7. The molecule has 0 spiro atoms. The molecule has 9 heteroatoms. The third-order valence-electron chi connectivity index (χ3n) is 4.39. The second-order valence-electron chi connectivity index (χ2n) is 6.38. The van der Waals surface area contributed by atoms with Crippen LogP contribution in [0.3, 0.4) is 0 Å². The van der Waals surface area contributed by atoms with Crippen LogP contribution in [0, 0.1) is 0 Å². The summed E-state index contributed by atoms with van der Waals surface area (Å²) in [4.78, 5) is 29.1. The van der Waals surface area contributed by atoms with Crippen molar-refractivity contribution in [2.24, 2.45) is 4.99 Å². The van der Waals surface area contributed by atoms with E-state index in [1.807, 2.05) is 17.6 Å². The summed E-state index contributed by atoms with van der Waals surface area (Å²) in [5, 5.41) is 0. The number of aromatic nitrogens is 1. The lowest BCUT2D eigenvalue weighted by atomic mass is 10.2. The minimum atomic E-state index is -0.423. The van der Waals surface area contributed by atoms with Crippen LogP contribution in [0.4, 0.5) is 0 Å². The third kappa shape index (κ3) is 5.71. The predicted molar refractivity (Wildman–Crippen MR) is 117 cm³/mol. The van der Waals surface area contributed by atoms with Crippen molar-refractivity contribution in [1.29, 1.82) is 0 Å². The Morgan fingerprint density at radius 2 is 1.90 bits per heavy atom. The monoisotopic (exact) mass is 444 g/mol. The Bertz CT molecular complexity index is 1130. The van der Waals surface area contributed by atoms with Gasteiger partial charge >= 0.3 is 5.97 Å². The van der Waals surface area contributed by atoms with Crippen LogP contribution in [0.15, 0.2) is 47.5 Å². The lowest BCUT2D eigenvalue weighted by molar-refractivity contribution is -0.120. The van der Waals surface area contributed by atoms with Gasteiger partial charge in [0, 0.05) is 19.2 Å². The molecule has 0 saturated carbocycles. The SMILES string of the molecule is CCOCCn1c(=NC(=O)COc2cccc(OC)c2)sc2cc(C(=O)OC)ccc21. The van der Waals surface area contributed by atoms with Gasteiger partial charge in [-0.2, -0.15) is 4.99 Å². The molecule has 0 bridgehead atoms. The number of hydrogen-bond acceptors (Lipinski definition) is 7. The molecule has 0 saturated heterocycles. The van der Waals surface area contributed by atoms with E-state index in [-0.39, 0.29) is 6.61 Å². The molecule has 1 aromatic heterocycles. The van der Waals surface area contributed by atoms with Crippen LogP contribution in [0.25, 0.3) is 10.2 Å². The van der Waals surface area contributed by atoms with Gasteiger partial charge in [0.25, 0.3) is 5.91 Å². The molecular formula is C22H24N2O6S. The van der Waals surface area contributed by atoms with E-state index >= 15 is 0 Å². The number of esters is 1. The molecule has 0 fully saturated rings. The van der Waals surface area contributed by atoms with Crippen molar-refractivity contribution < 1.29 is 28.5 Å². The molecule has 0 radical (unpaired) electrons. The summed E-state index contributed by atoms with van der Waals surface area (Å²) in [5.74, 6) is 0.318. The summed E-state index contributed by atoms with van der Waals surface area (Å²) in [5.41, 5.74) is 1.30. The number of methoxy groups -OCH3 is 2. The van der Waals surface area contributed by atoms with Crippen molar-refractivity contribution in [3.05, 3.63) is 52.8 Å². The molecule has 1 amide bonds. The fraction of sp³-hybridized carbons (Fsp3) is 0.318. The summed E-state index contributed by atoms with van der Waals surface area (Å²) >= 11 is 1.32. The minimum absolute atomic E-state index is 0.208. The zero-order chi connectivity index (χ0) is 22.2. The van der Waals surface area contributed by atoms with E-state index in [1.54, 1.807) is 43.5 Å². The Morgan fingerprint density at radius 1 is 1.10 bits per heavy atom. The van der Waals surface area contributed by atoms with Crippen LogP contribution in [-0.4, -0.2) is 50.5 Å². The van der Waals surface area contributed by atoms with Crippen molar-refractivity contribution in [2.45, 2.75) is 13.5 Å². The molecule has 0 aliphatic heterocycles. The number of thiazole rings is 1. The minimum Gasteiger partial charge on any atom is -0.497 e. The number of rotatable bonds is 9. The van der Waals surface area contributed by atoms with Crippen molar-refractivity contribution >= 4 is 33.4 Å². The standard InChI is InChI=1S/C22H24N2O6S/c1-4-29-11-10-24-18-9-8-15(21(26)28-3)12-19(18)31-22(24)23-20(25)14-30-17-7-5-6-16(13-17)27-2/h5-9,12-13H,4,10-11,14H2,1-3H3. The number of fused-ring (bicyclic) bond motifs is 1. The molecule has 3 aromatic rings. The first-order chi connectivity index (χ1) is 15.0. The molecular weight excluding hydrogens is 420 g/mol. The number of nitrogens with zero attached hydrogens (tertiary/aromatic N) is 2. The topological polar surface area (TPSA) is 88.4 Å². The summed E-state index contributed by atoms with van der Waals surface area (Å²) in [6, 6.07) is 12.3. The summed E-state index contributed by atoms with van der Waals surface area (Å²) < 4.78 is 23.7. The van der Waals surface area contributed by atoms with Crippen LogP contribution in [-0.2, 0) is 20.8 Å². The zero-order valence-electron chi connectivity index (χ0n) is 17.6. The smallest absolute Gasteiger partial charge is 0.337 e. The third-order valence-corrected chi connectivity index (χ3v) is 5.43. The Balaban J connectivity index is 1.88. The molecule has 1 heterocycles. The number of ether oxygens (including phenoxy) is 4. The van der Waals surface area contributed by atoms with Crippen LogP contribution in [0.5, 0.6) is 11.5 Å². The molecule has 0 N–H and O–H groups in total. The first kappa shape index (κ1) is 22.5. The Hall–Kier alpha value is -3.17. The summed E-state index contributed by atoms with van der Waals surface area (Å²) in [7, 11) is 2.90. The van der Waals surface area contributed by atoms with E-state index in [9.17, 15) is 9.59 Å². The Kier molecular flexibility index (Phi) is 7.80. The molecule has 2 aromatic carbocycles. The molecule has 0 unspecified atom stereocenters. The lowest BCUT2D eigenvalue weighted by Gasteiger charge is -2.07. The second-order valence-corrected chi connectivity index (χ2v) is 7.39. The van der Waals surface area contributed by atoms with Gasteiger partial charge in [-0.05, 0) is 37.3 Å². The average Bonchev–Trinajstić information content (AvgIpc) is 3.13. The highest BCUT2D eigenvalue weighted by Crippen LogP contribution is 2.21. The van der Waals surface area contributed by atoms with E-state index in [0.717, 1.165) is 10.2 Å². The maximum absolute atomic E-state index is 12.5. The van der Waals surface area contributed by atoms with Crippen molar-refractivity contribution in [1.82, 2.24) is 4.57 Å². The average molecular weight is 445 g/mol. The Morgan fingerprint density at radius 3 is 2.65 bits per heavy atom. The molecule has 8 nitrogen and oxygen atoms in total. The van der Waals surface area contributed by atoms with Crippen LogP contribution >= 0.6 is 11.3 Å². The van der Waals surface area contributed by atoms with Gasteiger partial charge in [0.2, 0.25) is 0 Å². The number of benzene rings is 2. The lowest BCUT2D eigenvalue weighted by Crippen LogP contribution is -2.21. The van der Waals surface area contributed by atoms with Gasteiger partial charge in [0.05, 0.1) is 36.6 Å². The predicted octanol–water partition coefficient (Wildman–Crippen LogP) is 3.04. The quantitative estimate of drug-likeness (QED) is 0.372. The van der Waals surface area contributed by atoms with E-state index in [0.29, 0.717) is 41.6 Å². The molecule has 3 rings (SSSR count). The summed E-state index contributed by atoms with van der Waals surface area (Å²) in [6.07, 6.45) is 0. The van der Waals surface area contributed by atoms with Gasteiger partial charge < -0.3 is 23.5 Å². The molecule has 0 atom stereocenters. The molecule has 0 aliphatic carbocycles. The highest BCUT2D eigenvalue weighted by Gasteiger charge is 2.12. The Labute approximate surface area is 183 Å². The molecule has 31 heavy (non-hydrogen) atoms. The van der Waals surface area contributed by atoms with Crippen LogP contribution in [0.1, 0.15) is 17.3 Å². The van der Waals surface area contributed by atoms with Crippen LogP contribution < -0.4 is 14.3 Å². The first-order valence-electron chi connectivity index (χ1n) is 9.69. The van der Waals surface area contributed by atoms with Crippen molar-refractivity contribution in [3.63, 3.8) is 0 Å². The number of carbonyl (C=O) groups is 2. The van der Waals surface area contributed by atoms with E-state index in [2.05, 4.69) is 4.99 Å². The zero-order valence-corrected chi connectivity index (χ0v) is 18.4. The van der Waals surface area contributed by atoms with E-state index in [1.165, 1.54) is 18.4 Å². The molecule has 0 aliphatic rings. The van der Waals surface area contributed by atoms with Gasteiger partial charge in [-0.25, -0.2) is 4.79 Å². The van der Waals surface area contributed by atoms with Gasteiger partial charge in [-0.1, -0.05) is 17.4 Å². The van der Waals surface area contributed by atoms with Crippen LogP contribution in [0.2, 0.25) is 0 Å². The fourth-order valence-electron chi connectivity index (χ4n) is 2.89. The largest absolute Gasteiger partial charge is 0.497 e. The van der Waals surface area contributed by atoms with E-state index < -0.39 is 11.9 Å². The number of amides is 1. The van der Waals surface area contributed by atoms with Gasteiger partial charge in [0.15, 0.2) is 11.4 Å². The number of carbonyl (C=O) groups excluding carboxylic acids is 2. The maximum Gasteiger partial charge on any atom is 0.337 e. The van der Waals surface area contributed by atoms with E-state index in [4.69, 9.17) is 18.9 Å². The number of hydrogen-bond donors (Lipinski definition) is 0. The van der Waals surface area contributed by atoms with Crippen molar-refractivity contribution in [3.8, 4) is 11.5 Å². The first-order valence-corrected chi connectivity index (χ1v) is 10.5.